The highest BCUT2D eigenvalue weighted by molar-refractivity contribution is 7.10. The number of carbonyl (C=O) groups excluding carboxylic acids is 1. The SMILES string of the molecule is O=C(O)C1(C(=O)Nc2cccc(C#Cc3cccs3)c2)CC1. The minimum atomic E-state index is -1.24. The number of hydrogen-bond acceptors (Lipinski definition) is 3. The summed E-state index contributed by atoms with van der Waals surface area (Å²) in [5.41, 5.74) is 0.0976. The predicted molar refractivity (Wildman–Crippen MR) is 84.7 cm³/mol. The van der Waals surface area contributed by atoms with Crippen LogP contribution in [0.15, 0.2) is 41.8 Å². The number of thiophene rings is 1. The van der Waals surface area contributed by atoms with Gasteiger partial charge in [-0.25, -0.2) is 0 Å². The Morgan fingerprint density at radius 3 is 2.64 bits per heavy atom. The van der Waals surface area contributed by atoms with Crippen molar-refractivity contribution in [3.05, 3.63) is 52.2 Å². The van der Waals surface area contributed by atoms with Crippen LogP contribution in [0.4, 0.5) is 5.69 Å². The summed E-state index contributed by atoms with van der Waals surface area (Å²) in [6.07, 6.45) is 0.790. The molecule has 0 saturated heterocycles. The van der Waals surface area contributed by atoms with Gasteiger partial charge in [-0.1, -0.05) is 24.0 Å². The van der Waals surface area contributed by atoms with Crippen LogP contribution in [-0.4, -0.2) is 17.0 Å². The van der Waals surface area contributed by atoms with Gasteiger partial charge in [-0.2, -0.15) is 0 Å². The Morgan fingerprint density at radius 1 is 1.18 bits per heavy atom. The van der Waals surface area contributed by atoms with Crippen molar-refractivity contribution in [2.75, 3.05) is 5.32 Å². The van der Waals surface area contributed by atoms with Crippen LogP contribution in [0.1, 0.15) is 23.3 Å². The van der Waals surface area contributed by atoms with E-state index in [0.29, 0.717) is 18.5 Å². The molecule has 1 aromatic carbocycles. The van der Waals surface area contributed by atoms with Gasteiger partial charge in [0, 0.05) is 11.3 Å². The molecule has 5 heteroatoms. The molecule has 1 heterocycles. The summed E-state index contributed by atoms with van der Waals surface area (Å²) >= 11 is 1.56. The summed E-state index contributed by atoms with van der Waals surface area (Å²) in [5, 5.41) is 13.7. The number of carboxylic acid groups (broad SMARTS) is 1. The fourth-order valence-corrected chi connectivity index (χ4v) is 2.64. The largest absolute Gasteiger partial charge is 0.480 e. The van der Waals surface area contributed by atoms with Gasteiger partial charge in [0.15, 0.2) is 0 Å². The quantitative estimate of drug-likeness (QED) is 0.676. The lowest BCUT2D eigenvalue weighted by Crippen LogP contribution is -2.31. The summed E-state index contributed by atoms with van der Waals surface area (Å²) < 4.78 is 0. The number of anilines is 1. The Hall–Kier alpha value is -2.58. The second-order valence-electron chi connectivity index (χ2n) is 5.15. The van der Waals surface area contributed by atoms with Crippen molar-refractivity contribution in [3.63, 3.8) is 0 Å². The zero-order valence-electron chi connectivity index (χ0n) is 11.6. The van der Waals surface area contributed by atoms with E-state index in [1.807, 2.05) is 23.6 Å². The van der Waals surface area contributed by atoms with Crippen LogP contribution in [0.25, 0.3) is 0 Å². The molecule has 0 bridgehead atoms. The van der Waals surface area contributed by atoms with Crippen LogP contribution in [0.5, 0.6) is 0 Å². The smallest absolute Gasteiger partial charge is 0.319 e. The Balaban J connectivity index is 1.75. The molecule has 0 spiro atoms. The van der Waals surface area contributed by atoms with Crippen LogP contribution in [-0.2, 0) is 9.59 Å². The maximum absolute atomic E-state index is 12.1. The van der Waals surface area contributed by atoms with Crippen LogP contribution in [0.2, 0.25) is 0 Å². The zero-order chi connectivity index (χ0) is 15.6. The summed E-state index contributed by atoms with van der Waals surface area (Å²) in [7, 11) is 0. The molecule has 3 rings (SSSR count). The third kappa shape index (κ3) is 2.87. The van der Waals surface area contributed by atoms with Gasteiger partial charge in [-0.05, 0) is 42.5 Å². The van der Waals surface area contributed by atoms with Crippen molar-refractivity contribution in [2.24, 2.45) is 5.41 Å². The molecule has 0 atom stereocenters. The Kier molecular flexibility index (Phi) is 3.70. The molecule has 0 unspecified atom stereocenters. The molecule has 22 heavy (non-hydrogen) atoms. The first kappa shape index (κ1) is 14.4. The van der Waals surface area contributed by atoms with Gasteiger partial charge in [-0.15, -0.1) is 11.3 Å². The normalized spacial score (nSPS) is 14.5. The van der Waals surface area contributed by atoms with E-state index in [1.165, 1.54) is 0 Å². The highest BCUT2D eigenvalue weighted by Crippen LogP contribution is 2.46. The number of carboxylic acids is 1. The number of amides is 1. The molecule has 4 nitrogen and oxygen atoms in total. The molecule has 1 aromatic heterocycles. The minimum absolute atomic E-state index is 0.395. The molecule has 0 radical (unpaired) electrons. The van der Waals surface area contributed by atoms with E-state index >= 15 is 0 Å². The van der Waals surface area contributed by atoms with Crippen LogP contribution in [0.3, 0.4) is 0 Å². The molecule has 1 aliphatic carbocycles. The number of aliphatic carboxylic acids is 1. The van der Waals surface area contributed by atoms with Gasteiger partial charge in [0.2, 0.25) is 5.91 Å². The molecule has 0 aliphatic heterocycles. The number of hydrogen-bond donors (Lipinski definition) is 2. The third-order valence-corrected chi connectivity index (χ3v) is 4.35. The van der Waals surface area contributed by atoms with Gasteiger partial charge in [0.25, 0.3) is 0 Å². The Bertz CT molecular complexity index is 780. The number of nitrogens with one attached hydrogen (secondary N) is 1. The third-order valence-electron chi connectivity index (χ3n) is 3.57. The second kappa shape index (κ2) is 5.66. The molecular weight excluding hydrogens is 298 g/mol. The van der Waals surface area contributed by atoms with Crippen molar-refractivity contribution < 1.29 is 14.7 Å². The van der Waals surface area contributed by atoms with E-state index in [1.54, 1.807) is 29.5 Å². The Morgan fingerprint density at radius 2 is 2.00 bits per heavy atom. The lowest BCUT2D eigenvalue weighted by molar-refractivity contribution is -0.147. The fraction of sp³-hybridized carbons (Fsp3) is 0.176. The summed E-state index contributed by atoms with van der Waals surface area (Å²) in [4.78, 5) is 24.2. The number of carbonyl (C=O) groups is 2. The molecule has 1 saturated carbocycles. The molecular formula is C17H13NO3S. The molecule has 1 aliphatic rings. The average Bonchev–Trinajstić information content (AvgIpc) is 3.16. The van der Waals surface area contributed by atoms with Crippen molar-refractivity contribution in [1.82, 2.24) is 0 Å². The maximum Gasteiger partial charge on any atom is 0.319 e. The first-order valence-electron chi connectivity index (χ1n) is 6.81. The highest BCUT2D eigenvalue weighted by atomic mass is 32.1. The van der Waals surface area contributed by atoms with E-state index in [0.717, 1.165) is 10.4 Å². The number of rotatable bonds is 3. The van der Waals surface area contributed by atoms with Crippen molar-refractivity contribution >= 4 is 28.9 Å². The van der Waals surface area contributed by atoms with E-state index < -0.39 is 17.3 Å². The molecule has 110 valence electrons. The summed E-state index contributed by atoms with van der Waals surface area (Å²) in [5.74, 6) is 4.56. The first-order chi connectivity index (χ1) is 10.6. The monoisotopic (exact) mass is 311 g/mol. The standard InChI is InChI=1S/C17H13NO3S/c19-15(17(8-9-17)16(20)21)18-13-4-1-3-12(11-13)6-7-14-5-2-10-22-14/h1-5,10-11H,8-9H2,(H,18,19)(H,20,21). The fourth-order valence-electron chi connectivity index (χ4n) is 2.07. The van der Waals surface area contributed by atoms with E-state index in [2.05, 4.69) is 17.2 Å². The minimum Gasteiger partial charge on any atom is -0.480 e. The van der Waals surface area contributed by atoms with Crippen LogP contribution in [0, 0.1) is 17.3 Å². The maximum atomic E-state index is 12.1. The molecule has 1 fully saturated rings. The van der Waals surface area contributed by atoms with Gasteiger partial charge < -0.3 is 10.4 Å². The molecule has 2 aromatic rings. The van der Waals surface area contributed by atoms with Gasteiger partial charge in [0.05, 0.1) is 4.88 Å². The van der Waals surface area contributed by atoms with E-state index in [4.69, 9.17) is 5.11 Å². The predicted octanol–water partition coefficient (Wildman–Crippen LogP) is 2.95. The van der Waals surface area contributed by atoms with Crippen LogP contribution < -0.4 is 5.32 Å². The average molecular weight is 311 g/mol. The second-order valence-corrected chi connectivity index (χ2v) is 6.10. The van der Waals surface area contributed by atoms with Crippen molar-refractivity contribution in [2.45, 2.75) is 12.8 Å². The van der Waals surface area contributed by atoms with E-state index in [9.17, 15) is 9.59 Å². The first-order valence-corrected chi connectivity index (χ1v) is 7.69. The van der Waals surface area contributed by atoms with Crippen LogP contribution >= 0.6 is 11.3 Å². The summed E-state index contributed by atoms with van der Waals surface area (Å²) in [6, 6.07) is 11.0. The molecule has 1 amide bonds. The highest BCUT2D eigenvalue weighted by Gasteiger charge is 2.57. The zero-order valence-corrected chi connectivity index (χ0v) is 12.4. The summed E-state index contributed by atoms with van der Waals surface area (Å²) in [6.45, 7) is 0. The van der Waals surface area contributed by atoms with Gasteiger partial charge in [0.1, 0.15) is 5.41 Å². The van der Waals surface area contributed by atoms with Gasteiger partial charge in [-0.3, -0.25) is 9.59 Å². The lowest BCUT2D eigenvalue weighted by Gasteiger charge is -2.10. The topological polar surface area (TPSA) is 66.4 Å². The number of benzene rings is 1. The Labute approximate surface area is 131 Å². The molecule has 2 N–H and O–H groups in total. The van der Waals surface area contributed by atoms with E-state index in [-0.39, 0.29) is 0 Å². The van der Waals surface area contributed by atoms with Gasteiger partial charge >= 0.3 is 5.97 Å². The van der Waals surface area contributed by atoms with Crippen molar-refractivity contribution in [1.29, 1.82) is 0 Å². The van der Waals surface area contributed by atoms with Crippen molar-refractivity contribution in [3.8, 4) is 11.8 Å². The lowest BCUT2D eigenvalue weighted by atomic mass is 10.1.